The lowest BCUT2D eigenvalue weighted by atomic mass is 9.85. The first kappa shape index (κ1) is 21.5. The van der Waals surface area contributed by atoms with E-state index in [1.54, 1.807) is 11.8 Å². The first-order chi connectivity index (χ1) is 15.9. The van der Waals surface area contributed by atoms with E-state index in [1.807, 2.05) is 24.3 Å². The first-order valence-electron chi connectivity index (χ1n) is 11.6. The van der Waals surface area contributed by atoms with Crippen molar-refractivity contribution in [2.75, 3.05) is 19.7 Å². The molecule has 0 radical (unpaired) electrons. The number of nitrogens with zero attached hydrogens (tertiary/aromatic N) is 1. The number of hydrogen-bond donors (Lipinski definition) is 2. The van der Waals surface area contributed by atoms with Crippen molar-refractivity contribution < 1.29 is 24.2 Å². The SMILES string of the molecule is CC(NC(=O)OCC1c2ccccc2-c2ccccc21)C(=O)N1CC2CCC(C1)C2C(=O)O. The second-order valence-electron chi connectivity index (χ2n) is 9.40. The number of carboxylic acid groups (broad SMARTS) is 1. The molecule has 33 heavy (non-hydrogen) atoms. The average molecular weight is 449 g/mol. The maximum Gasteiger partial charge on any atom is 0.407 e. The monoisotopic (exact) mass is 448 g/mol. The van der Waals surface area contributed by atoms with Crippen LogP contribution in [-0.4, -0.2) is 53.7 Å². The van der Waals surface area contributed by atoms with E-state index in [2.05, 4.69) is 29.6 Å². The van der Waals surface area contributed by atoms with Crippen LogP contribution < -0.4 is 5.32 Å². The van der Waals surface area contributed by atoms with Crippen molar-refractivity contribution in [1.29, 1.82) is 0 Å². The molecule has 5 rings (SSSR count). The molecule has 3 aliphatic rings. The molecule has 2 aliphatic carbocycles. The van der Waals surface area contributed by atoms with E-state index < -0.39 is 18.1 Å². The minimum Gasteiger partial charge on any atom is -0.481 e. The standard InChI is InChI=1S/C26H28N2O5/c1-15(24(29)28-12-16-10-11-17(13-28)23(16)25(30)31)27-26(32)33-14-22-20-8-4-2-6-18(20)19-7-3-5-9-21(19)22/h2-9,15-17,22-23H,10-14H2,1H3,(H,27,32)(H,30,31). The molecule has 2 aromatic carbocycles. The van der Waals surface area contributed by atoms with Crippen molar-refractivity contribution in [3.8, 4) is 11.1 Å². The van der Waals surface area contributed by atoms with Gasteiger partial charge in [0.25, 0.3) is 0 Å². The number of carbonyl (C=O) groups excluding carboxylic acids is 2. The van der Waals surface area contributed by atoms with Crippen LogP contribution in [0.5, 0.6) is 0 Å². The molecule has 0 aromatic heterocycles. The molecule has 1 saturated heterocycles. The number of carboxylic acids is 1. The smallest absolute Gasteiger partial charge is 0.407 e. The number of likely N-dealkylation sites (tertiary alicyclic amines) is 1. The molecule has 1 heterocycles. The van der Waals surface area contributed by atoms with E-state index in [-0.39, 0.29) is 36.2 Å². The number of piperidine rings is 1. The largest absolute Gasteiger partial charge is 0.481 e. The van der Waals surface area contributed by atoms with Gasteiger partial charge in [0, 0.05) is 19.0 Å². The molecule has 2 fully saturated rings. The van der Waals surface area contributed by atoms with Crippen LogP contribution in [0, 0.1) is 17.8 Å². The summed E-state index contributed by atoms with van der Waals surface area (Å²) in [7, 11) is 0. The van der Waals surface area contributed by atoms with Crippen LogP contribution in [-0.2, 0) is 14.3 Å². The van der Waals surface area contributed by atoms with Gasteiger partial charge in [-0.1, -0.05) is 48.5 Å². The van der Waals surface area contributed by atoms with E-state index in [9.17, 15) is 19.5 Å². The summed E-state index contributed by atoms with van der Waals surface area (Å²) in [6.45, 7) is 2.70. The van der Waals surface area contributed by atoms with Gasteiger partial charge >= 0.3 is 12.1 Å². The zero-order valence-corrected chi connectivity index (χ0v) is 18.6. The van der Waals surface area contributed by atoms with Crippen LogP contribution in [0.15, 0.2) is 48.5 Å². The number of alkyl carbamates (subject to hydrolysis) is 1. The van der Waals surface area contributed by atoms with Crippen molar-refractivity contribution in [2.24, 2.45) is 17.8 Å². The number of aliphatic carboxylic acids is 1. The summed E-state index contributed by atoms with van der Waals surface area (Å²) < 4.78 is 5.55. The van der Waals surface area contributed by atoms with Gasteiger partial charge in [-0.05, 0) is 53.9 Å². The third-order valence-electron chi connectivity index (χ3n) is 7.48. The van der Waals surface area contributed by atoms with Crippen LogP contribution in [0.2, 0.25) is 0 Å². The van der Waals surface area contributed by atoms with Gasteiger partial charge in [-0.3, -0.25) is 9.59 Å². The van der Waals surface area contributed by atoms with E-state index in [0.29, 0.717) is 13.1 Å². The van der Waals surface area contributed by atoms with E-state index in [1.165, 1.54) is 0 Å². The zero-order chi connectivity index (χ0) is 23.1. The maximum atomic E-state index is 12.9. The summed E-state index contributed by atoms with van der Waals surface area (Å²) in [6.07, 6.45) is 1.04. The fourth-order valence-electron chi connectivity index (χ4n) is 5.96. The van der Waals surface area contributed by atoms with Crippen molar-refractivity contribution in [1.82, 2.24) is 10.2 Å². The minimum absolute atomic E-state index is 0.00754. The van der Waals surface area contributed by atoms with Gasteiger partial charge in [-0.15, -0.1) is 0 Å². The summed E-state index contributed by atoms with van der Waals surface area (Å²) in [6, 6.07) is 15.5. The average Bonchev–Trinajstić information content (AvgIpc) is 3.28. The van der Waals surface area contributed by atoms with Crippen molar-refractivity contribution in [3.05, 3.63) is 59.7 Å². The Bertz CT molecular complexity index is 1040. The number of carbonyl (C=O) groups is 3. The number of benzene rings is 2. The molecule has 1 saturated carbocycles. The molecule has 3 unspecified atom stereocenters. The van der Waals surface area contributed by atoms with E-state index >= 15 is 0 Å². The molecule has 2 bridgehead atoms. The van der Waals surface area contributed by atoms with Gasteiger partial charge in [0.15, 0.2) is 0 Å². The molecule has 172 valence electrons. The zero-order valence-electron chi connectivity index (χ0n) is 18.6. The number of fused-ring (bicyclic) bond motifs is 5. The lowest BCUT2D eigenvalue weighted by Gasteiger charge is -2.37. The minimum atomic E-state index is -0.764. The van der Waals surface area contributed by atoms with Gasteiger partial charge in [0.05, 0.1) is 5.92 Å². The Morgan fingerprint density at radius 1 is 1.00 bits per heavy atom. The van der Waals surface area contributed by atoms with Crippen molar-refractivity contribution >= 4 is 18.0 Å². The topological polar surface area (TPSA) is 95.9 Å². The highest BCUT2D eigenvalue weighted by atomic mass is 16.5. The summed E-state index contributed by atoms with van der Waals surface area (Å²) in [5, 5.41) is 12.1. The second-order valence-corrected chi connectivity index (χ2v) is 9.40. The normalized spacial score (nSPS) is 24.0. The molecule has 2 N–H and O–H groups in total. The Hall–Kier alpha value is -3.35. The van der Waals surface area contributed by atoms with Gasteiger partial charge in [-0.2, -0.15) is 0 Å². The van der Waals surface area contributed by atoms with E-state index in [0.717, 1.165) is 35.1 Å². The fraction of sp³-hybridized carbons (Fsp3) is 0.423. The first-order valence-corrected chi connectivity index (χ1v) is 11.6. The molecule has 0 spiro atoms. The van der Waals surface area contributed by atoms with Gasteiger partial charge in [0.2, 0.25) is 5.91 Å². The Morgan fingerprint density at radius 2 is 1.55 bits per heavy atom. The number of amides is 2. The Labute approximate surface area is 192 Å². The van der Waals surface area contributed by atoms with Gasteiger partial charge in [-0.25, -0.2) is 4.79 Å². The van der Waals surface area contributed by atoms with E-state index in [4.69, 9.17) is 4.74 Å². The van der Waals surface area contributed by atoms with Gasteiger partial charge in [0.1, 0.15) is 12.6 Å². The molecule has 1 aliphatic heterocycles. The summed E-state index contributed by atoms with van der Waals surface area (Å²) in [4.78, 5) is 38.7. The number of hydrogen-bond acceptors (Lipinski definition) is 4. The van der Waals surface area contributed by atoms with Crippen LogP contribution >= 0.6 is 0 Å². The van der Waals surface area contributed by atoms with Crippen LogP contribution in [0.4, 0.5) is 4.79 Å². The van der Waals surface area contributed by atoms with Crippen molar-refractivity contribution in [3.63, 3.8) is 0 Å². The maximum absolute atomic E-state index is 12.9. The molecule has 7 heteroatoms. The Kier molecular flexibility index (Phi) is 5.56. The summed E-state index contributed by atoms with van der Waals surface area (Å²) in [5.74, 6) is -1.37. The molecule has 2 aromatic rings. The Morgan fingerprint density at radius 3 is 2.09 bits per heavy atom. The fourth-order valence-corrected chi connectivity index (χ4v) is 5.96. The molecule has 3 atom stereocenters. The quantitative estimate of drug-likeness (QED) is 0.730. The highest BCUT2D eigenvalue weighted by Crippen LogP contribution is 2.44. The molecular formula is C26H28N2O5. The van der Waals surface area contributed by atoms with Crippen molar-refractivity contribution in [2.45, 2.75) is 31.7 Å². The predicted molar refractivity (Wildman–Crippen MR) is 122 cm³/mol. The van der Waals surface area contributed by atoms with Crippen LogP contribution in [0.3, 0.4) is 0 Å². The lowest BCUT2D eigenvalue weighted by Crippen LogP contribution is -2.53. The van der Waals surface area contributed by atoms with Crippen LogP contribution in [0.1, 0.15) is 36.8 Å². The second kappa shape index (κ2) is 8.54. The van der Waals surface area contributed by atoms with Gasteiger partial charge < -0.3 is 20.1 Å². The highest BCUT2D eigenvalue weighted by Gasteiger charge is 2.47. The summed E-state index contributed by atoms with van der Waals surface area (Å²) in [5.41, 5.74) is 4.58. The highest BCUT2D eigenvalue weighted by molar-refractivity contribution is 5.86. The summed E-state index contributed by atoms with van der Waals surface area (Å²) >= 11 is 0. The number of ether oxygens (including phenoxy) is 1. The molecular weight excluding hydrogens is 420 g/mol. The number of rotatable bonds is 5. The van der Waals surface area contributed by atoms with Crippen LogP contribution in [0.25, 0.3) is 11.1 Å². The number of nitrogens with one attached hydrogen (secondary N) is 1. The Balaban J connectivity index is 1.18. The lowest BCUT2D eigenvalue weighted by molar-refractivity contribution is -0.150. The molecule has 2 amide bonds. The predicted octanol–water partition coefficient (Wildman–Crippen LogP) is 3.48. The third kappa shape index (κ3) is 3.86. The molecule has 7 nitrogen and oxygen atoms in total. The third-order valence-corrected chi connectivity index (χ3v) is 7.48.